The summed E-state index contributed by atoms with van der Waals surface area (Å²) >= 11 is 0. The van der Waals surface area contributed by atoms with Gasteiger partial charge in [-0.25, -0.2) is 0 Å². The number of nitrogens with one attached hydrogen (secondary N) is 1. The van der Waals surface area contributed by atoms with Crippen molar-refractivity contribution >= 4 is 0 Å². The highest BCUT2D eigenvalue weighted by Gasteiger charge is 2.32. The molecule has 0 saturated carbocycles. The lowest BCUT2D eigenvalue weighted by Gasteiger charge is -2.13. The number of hydrogen-bond donors (Lipinski definition) is 1. The minimum atomic E-state index is -4.30. The van der Waals surface area contributed by atoms with Gasteiger partial charge in [-0.3, -0.25) is 0 Å². The highest BCUT2D eigenvalue weighted by Crippen LogP contribution is 2.31. The molecule has 4 heteroatoms. The summed E-state index contributed by atoms with van der Waals surface area (Å²) in [4.78, 5) is 0. The molecule has 0 atom stereocenters. The van der Waals surface area contributed by atoms with Gasteiger partial charge in [-0.15, -0.1) is 0 Å². The average Bonchev–Trinajstić information content (AvgIpc) is 2.40. The van der Waals surface area contributed by atoms with Crippen molar-refractivity contribution < 1.29 is 13.2 Å². The second-order valence-corrected chi connectivity index (χ2v) is 4.68. The molecule has 0 bridgehead atoms. The smallest absolute Gasteiger partial charge is 0.309 e. The molecule has 0 amide bonds. The van der Waals surface area contributed by atoms with E-state index in [0.717, 1.165) is 17.2 Å². The molecule has 0 spiro atoms. The van der Waals surface area contributed by atoms with E-state index in [0.29, 0.717) is 6.54 Å². The Balaban J connectivity index is 2.04. The molecule has 2 aromatic rings. The van der Waals surface area contributed by atoms with Crippen LogP contribution in [0, 0.1) is 6.92 Å². The van der Waals surface area contributed by atoms with Gasteiger partial charge in [-0.2, -0.15) is 13.2 Å². The van der Waals surface area contributed by atoms with Crippen molar-refractivity contribution in [3.05, 3.63) is 70.8 Å². The van der Waals surface area contributed by atoms with Gasteiger partial charge < -0.3 is 5.32 Å². The van der Waals surface area contributed by atoms with Crippen LogP contribution in [0.3, 0.4) is 0 Å². The summed E-state index contributed by atoms with van der Waals surface area (Å²) in [6.45, 7) is 2.74. The Morgan fingerprint density at radius 3 is 2.05 bits per heavy atom. The fraction of sp³-hybridized carbons (Fsp3) is 0.250. The number of rotatable bonds is 4. The van der Waals surface area contributed by atoms with E-state index in [1.165, 1.54) is 12.1 Å². The standard InChI is InChI=1S/C16H16F3N/c1-12-6-2-3-7-13(12)10-20-11-14-8-4-5-9-15(14)16(17,18)19/h2-9,20H,10-11H2,1H3. The van der Waals surface area contributed by atoms with Crippen molar-refractivity contribution in [3.8, 4) is 0 Å². The van der Waals surface area contributed by atoms with E-state index >= 15 is 0 Å². The Morgan fingerprint density at radius 2 is 1.40 bits per heavy atom. The molecule has 2 rings (SSSR count). The maximum atomic E-state index is 12.8. The Labute approximate surface area is 116 Å². The SMILES string of the molecule is Cc1ccccc1CNCc1ccccc1C(F)(F)F. The first-order valence-corrected chi connectivity index (χ1v) is 6.39. The first-order valence-electron chi connectivity index (χ1n) is 6.39. The lowest BCUT2D eigenvalue weighted by molar-refractivity contribution is -0.138. The van der Waals surface area contributed by atoms with Gasteiger partial charge in [0.05, 0.1) is 5.56 Å². The normalized spacial score (nSPS) is 11.6. The van der Waals surface area contributed by atoms with Crippen LogP contribution in [0.1, 0.15) is 22.3 Å². The number of alkyl halides is 3. The molecule has 0 fully saturated rings. The van der Waals surface area contributed by atoms with E-state index in [2.05, 4.69) is 5.32 Å². The molecule has 1 N–H and O–H groups in total. The third-order valence-electron chi connectivity index (χ3n) is 3.21. The van der Waals surface area contributed by atoms with Crippen LogP contribution < -0.4 is 5.32 Å². The van der Waals surface area contributed by atoms with Gasteiger partial charge in [-0.1, -0.05) is 42.5 Å². The van der Waals surface area contributed by atoms with Crippen molar-refractivity contribution in [2.24, 2.45) is 0 Å². The van der Waals surface area contributed by atoms with Gasteiger partial charge in [0, 0.05) is 13.1 Å². The Hall–Kier alpha value is -1.81. The fourth-order valence-corrected chi connectivity index (χ4v) is 2.09. The summed E-state index contributed by atoms with van der Waals surface area (Å²) in [5, 5.41) is 3.07. The lowest BCUT2D eigenvalue weighted by Crippen LogP contribution is -2.17. The number of aryl methyl sites for hydroxylation is 1. The zero-order chi connectivity index (χ0) is 14.6. The van der Waals surface area contributed by atoms with Crippen molar-refractivity contribution in [3.63, 3.8) is 0 Å². The molecule has 0 heterocycles. The van der Waals surface area contributed by atoms with E-state index in [1.54, 1.807) is 6.07 Å². The summed E-state index contributed by atoms with van der Waals surface area (Å²) in [5.74, 6) is 0. The van der Waals surface area contributed by atoms with Gasteiger partial charge >= 0.3 is 6.18 Å². The van der Waals surface area contributed by atoms with E-state index in [-0.39, 0.29) is 12.1 Å². The molecule has 0 radical (unpaired) electrons. The predicted molar refractivity (Wildman–Crippen MR) is 73.2 cm³/mol. The van der Waals surface area contributed by atoms with E-state index in [4.69, 9.17) is 0 Å². The third kappa shape index (κ3) is 3.61. The maximum Gasteiger partial charge on any atom is 0.416 e. The molecular weight excluding hydrogens is 263 g/mol. The second-order valence-electron chi connectivity index (χ2n) is 4.68. The van der Waals surface area contributed by atoms with Gasteiger partial charge in [0.1, 0.15) is 0 Å². The van der Waals surface area contributed by atoms with Crippen molar-refractivity contribution in [2.75, 3.05) is 0 Å². The predicted octanol–water partition coefficient (Wildman–Crippen LogP) is 4.30. The summed E-state index contributed by atoms with van der Waals surface area (Å²) < 4.78 is 38.5. The van der Waals surface area contributed by atoms with Gasteiger partial charge in [0.25, 0.3) is 0 Å². The zero-order valence-electron chi connectivity index (χ0n) is 11.2. The monoisotopic (exact) mass is 279 g/mol. The van der Waals surface area contributed by atoms with Crippen molar-refractivity contribution in [1.82, 2.24) is 5.32 Å². The quantitative estimate of drug-likeness (QED) is 0.879. The van der Waals surface area contributed by atoms with Crippen LogP contribution in [-0.4, -0.2) is 0 Å². The van der Waals surface area contributed by atoms with Crippen LogP contribution in [0.5, 0.6) is 0 Å². The molecular formula is C16H16F3N. The van der Waals surface area contributed by atoms with Gasteiger partial charge in [-0.05, 0) is 29.7 Å². The minimum absolute atomic E-state index is 0.198. The van der Waals surface area contributed by atoms with E-state index in [1.807, 2.05) is 31.2 Å². The molecule has 20 heavy (non-hydrogen) atoms. The maximum absolute atomic E-state index is 12.8. The molecule has 0 saturated heterocycles. The Bertz CT molecular complexity index is 576. The first-order chi connectivity index (χ1) is 9.48. The van der Waals surface area contributed by atoms with Gasteiger partial charge in [0.15, 0.2) is 0 Å². The summed E-state index contributed by atoms with van der Waals surface area (Å²) in [6.07, 6.45) is -4.30. The highest BCUT2D eigenvalue weighted by molar-refractivity contribution is 5.30. The van der Waals surface area contributed by atoms with Crippen LogP contribution in [-0.2, 0) is 19.3 Å². The molecule has 0 aromatic heterocycles. The van der Waals surface area contributed by atoms with Crippen molar-refractivity contribution in [1.29, 1.82) is 0 Å². The van der Waals surface area contributed by atoms with Crippen LogP contribution in [0.4, 0.5) is 13.2 Å². The third-order valence-corrected chi connectivity index (χ3v) is 3.21. The molecule has 2 aromatic carbocycles. The van der Waals surface area contributed by atoms with Crippen LogP contribution in [0.25, 0.3) is 0 Å². The summed E-state index contributed by atoms with van der Waals surface area (Å²) in [7, 11) is 0. The largest absolute Gasteiger partial charge is 0.416 e. The van der Waals surface area contributed by atoms with Crippen LogP contribution in [0.2, 0.25) is 0 Å². The average molecular weight is 279 g/mol. The lowest BCUT2D eigenvalue weighted by atomic mass is 10.1. The van der Waals surface area contributed by atoms with E-state index < -0.39 is 11.7 Å². The molecule has 0 aliphatic carbocycles. The molecule has 106 valence electrons. The number of halogens is 3. The fourth-order valence-electron chi connectivity index (χ4n) is 2.09. The minimum Gasteiger partial charge on any atom is -0.309 e. The van der Waals surface area contributed by atoms with Crippen LogP contribution >= 0.6 is 0 Å². The van der Waals surface area contributed by atoms with Crippen molar-refractivity contribution in [2.45, 2.75) is 26.2 Å². The van der Waals surface area contributed by atoms with E-state index in [9.17, 15) is 13.2 Å². The van der Waals surface area contributed by atoms with Crippen LogP contribution in [0.15, 0.2) is 48.5 Å². The molecule has 1 nitrogen and oxygen atoms in total. The number of hydrogen-bond acceptors (Lipinski definition) is 1. The molecule has 0 unspecified atom stereocenters. The number of benzene rings is 2. The zero-order valence-corrected chi connectivity index (χ0v) is 11.2. The first kappa shape index (κ1) is 14.6. The topological polar surface area (TPSA) is 12.0 Å². The molecule has 0 aliphatic heterocycles. The van der Waals surface area contributed by atoms with Gasteiger partial charge in [0.2, 0.25) is 0 Å². The molecule has 0 aliphatic rings. The second kappa shape index (κ2) is 6.09. The Morgan fingerprint density at radius 1 is 0.850 bits per heavy atom. The summed E-state index contributed by atoms with van der Waals surface area (Å²) in [6, 6.07) is 13.5. The summed E-state index contributed by atoms with van der Waals surface area (Å²) in [5.41, 5.74) is 1.92. The Kier molecular flexibility index (Phi) is 4.45. The highest BCUT2D eigenvalue weighted by atomic mass is 19.4.